The van der Waals surface area contributed by atoms with Gasteiger partial charge in [0.2, 0.25) is 0 Å². The minimum absolute atomic E-state index is 0.202. The Labute approximate surface area is 123 Å². The zero-order chi connectivity index (χ0) is 15.1. The zero-order valence-corrected chi connectivity index (χ0v) is 13.4. The summed E-state index contributed by atoms with van der Waals surface area (Å²) in [7, 11) is 0. The monoisotopic (exact) mass is 278 g/mol. The fourth-order valence-electron chi connectivity index (χ4n) is 2.82. The van der Waals surface area contributed by atoms with E-state index < -0.39 is 0 Å². The van der Waals surface area contributed by atoms with Crippen LogP contribution in [0.15, 0.2) is 12.1 Å². The van der Waals surface area contributed by atoms with Gasteiger partial charge in [0.25, 0.3) is 0 Å². The molecule has 0 amide bonds. The van der Waals surface area contributed by atoms with Gasteiger partial charge in [-0.1, -0.05) is 59.4 Å². The van der Waals surface area contributed by atoms with Crippen LogP contribution in [0.5, 0.6) is 11.5 Å². The molecule has 2 heteroatoms. The standard InChI is InChI=1S/C18H30O2/c1-5-7-9-13(3)15-11-12-16(19)17(18(15)20)14(4)10-8-6-2/h11-14,19-20H,5-10H2,1-4H3. The maximum atomic E-state index is 10.5. The van der Waals surface area contributed by atoms with Crippen LogP contribution in [0, 0.1) is 0 Å². The highest BCUT2D eigenvalue weighted by atomic mass is 16.3. The van der Waals surface area contributed by atoms with Gasteiger partial charge in [-0.3, -0.25) is 0 Å². The molecule has 0 heterocycles. The number of hydrogen-bond donors (Lipinski definition) is 2. The highest BCUT2D eigenvalue weighted by Gasteiger charge is 2.20. The molecule has 1 aromatic carbocycles. The van der Waals surface area contributed by atoms with Gasteiger partial charge < -0.3 is 10.2 Å². The Morgan fingerprint density at radius 3 is 2.00 bits per heavy atom. The Hall–Kier alpha value is -1.18. The van der Waals surface area contributed by atoms with Crippen LogP contribution >= 0.6 is 0 Å². The Morgan fingerprint density at radius 1 is 0.900 bits per heavy atom. The highest BCUT2D eigenvalue weighted by Crippen LogP contribution is 2.41. The average molecular weight is 278 g/mol. The number of benzene rings is 1. The lowest BCUT2D eigenvalue weighted by atomic mass is 9.87. The first-order valence-electron chi connectivity index (χ1n) is 8.07. The molecule has 2 N–H and O–H groups in total. The van der Waals surface area contributed by atoms with Gasteiger partial charge in [-0.15, -0.1) is 0 Å². The first-order valence-corrected chi connectivity index (χ1v) is 8.07. The van der Waals surface area contributed by atoms with Crippen molar-refractivity contribution in [2.75, 3.05) is 0 Å². The second-order valence-corrected chi connectivity index (χ2v) is 6.02. The van der Waals surface area contributed by atoms with Crippen LogP contribution in [0.4, 0.5) is 0 Å². The Balaban J connectivity index is 3.00. The predicted molar refractivity (Wildman–Crippen MR) is 85.7 cm³/mol. The van der Waals surface area contributed by atoms with Crippen molar-refractivity contribution >= 4 is 0 Å². The first-order chi connectivity index (χ1) is 9.52. The van der Waals surface area contributed by atoms with Crippen molar-refractivity contribution in [3.05, 3.63) is 23.3 Å². The van der Waals surface area contributed by atoms with Crippen molar-refractivity contribution in [2.45, 2.75) is 78.1 Å². The highest BCUT2D eigenvalue weighted by molar-refractivity contribution is 5.51. The largest absolute Gasteiger partial charge is 0.508 e. The third-order valence-electron chi connectivity index (χ3n) is 4.23. The second kappa shape index (κ2) is 8.18. The molecule has 0 aliphatic heterocycles. The molecule has 0 radical (unpaired) electrons. The molecule has 20 heavy (non-hydrogen) atoms. The van der Waals surface area contributed by atoms with E-state index in [1.807, 2.05) is 6.07 Å². The van der Waals surface area contributed by atoms with E-state index in [0.717, 1.165) is 36.8 Å². The molecule has 0 aliphatic carbocycles. The van der Waals surface area contributed by atoms with Crippen molar-refractivity contribution < 1.29 is 10.2 Å². The molecule has 2 unspecified atom stereocenters. The van der Waals surface area contributed by atoms with Crippen molar-refractivity contribution in [1.29, 1.82) is 0 Å². The van der Waals surface area contributed by atoms with Crippen LogP contribution in [-0.4, -0.2) is 10.2 Å². The number of rotatable bonds is 8. The summed E-state index contributed by atoms with van der Waals surface area (Å²) in [4.78, 5) is 0. The normalized spacial score (nSPS) is 14.2. The fraction of sp³-hybridized carbons (Fsp3) is 0.667. The second-order valence-electron chi connectivity index (χ2n) is 6.02. The molecular formula is C18H30O2. The molecule has 0 fully saturated rings. The number of aromatic hydroxyl groups is 2. The molecule has 0 spiro atoms. The lowest BCUT2D eigenvalue weighted by molar-refractivity contribution is 0.417. The molecule has 0 aliphatic rings. The quantitative estimate of drug-likeness (QED) is 0.641. The summed E-state index contributed by atoms with van der Waals surface area (Å²) in [5, 5.41) is 20.6. The van der Waals surface area contributed by atoms with Gasteiger partial charge in [-0.2, -0.15) is 0 Å². The van der Waals surface area contributed by atoms with E-state index in [1.165, 1.54) is 12.8 Å². The molecule has 0 saturated heterocycles. The van der Waals surface area contributed by atoms with Gasteiger partial charge in [-0.05, 0) is 36.3 Å². The molecule has 1 aromatic rings. The number of hydrogen-bond acceptors (Lipinski definition) is 2. The van der Waals surface area contributed by atoms with Gasteiger partial charge in [0.15, 0.2) is 0 Å². The van der Waals surface area contributed by atoms with E-state index in [-0.39, 0.29) is 11.7 Å². The topological polar surface area (TPSA) is 40.5 Å². The summed E-state index contributed by atoms with van der Waals surface area (Å²) in [5.41, 5.74) is 1.72. The number of phenols is 2. The van der Waals surface area contributed by atoms with Gasteiger partial charge in [-0.25, -0.2) is 0 Å². The predicted octanol–water partition coefficient (Wildman–Crippen LogP) is 5.69. The van der Waals surface area contributed by atoms with Crippen molar-refractivity contribution in [2.24, 2.45) is 0 Å². The Bertz CT molecular complexity index is 412. The van der Waals surface area contributed by atoms with Crippen molar-refractivity contribution in [3.8, 4) is 11.5 Å². The van der Waals surface area contributed by atoms with E-state index in [4.69, 9.17) is 0 Å². The van der Waals surface area contributed by atoms with E-state index >= 15 is 0 Å². The zero-order valence-electron chi connectivity index (χ0n) is 13.4. The van der Waals surface area contributed by atoms with Gasteiger partial charge >= 0.3 is 0 Å². The maximum Gasteiger partial charge on any atom is 0.126 e. The molecular weight excluding hydrogens is 248 g/mol. The third kappa shape index (κ3) is 4.16. The summed E-state index contributed by atoms with van der Waals surface area (Å²) < 4.78 is 0. The van der Waals surface area contributed by atoms with Gasteiger partial charge in [0.05, 0.1) is 0 Å². The van der Waals surface area contributed by atoms with Crippen molar-refractivity contribution in [1.82, 2.24) is 0 Å². The van der Waals surface area contributed by atoms with Gasteiger partial charge in [0, 0.05) is 5.56 Å². The molecule has 2 nitrogen and oxygen atoms in total. The van der Waals surface area contributed by atoms with Crippen molar-refractivity contribution in [3.63, 3.8) is 0 Å². The van der Waals surface area contributed by atoms with E-state index in [2.05, 4.69) is 27.7 Å². The van der Waals surface area contributed by atoms with E-state index in [1.54, 1.807) is 6.07 Å². The molecule has 0 saturated carbocycles. The van der Waals surface area contributed by atoms with Crippen LogP contribution in [0.3, 0.4) is 0 Å². The lowest BCUT2D eigenvalue weighted by Gasteiger charge is -2.20. The van der Waals surface area contributed by atoms with Crippen LogP contribution in [0.25, 0.3) is 0 Å². The lowest BCUT2D eigenvalue weighted by Crippen LogP contribution is -2.00. The van der Waals surface area contributed by atoms with Crippen LogP contribution in [-0.2, 0) is 0 Å². The van der Waals surface area contributed by atoms with Crippen LogP contribution < -0.4 is 0 Å². The summed E-state index contributed by atoms with van der Waals surface area (Å²) in [6.45, 7) is 8.59. The summed E-state index contributed by atoms with van der Waals surface area (Å²) >= 11 is 0. The van der Waals surface area contributed by atoms with Crippen LogP contribution in [0.1, 0.15) is 89.2 Å². The fourth-order valence-corrected chi connectivity index (χ4v) is 2.82. The molecule has 0 bridgehead atoms. The van der Waals surface area contributed by atoms with E-state index in [0.29, 0.717) is 11.7 Å². The van der Waals surface area contributed by atoms with Crippen LogP contribution in [0.2, 0.25) is 0 Å². The SMILES string of the molecule is CCCCC(C)c1ccc(O)c(C(C)CCCC)c1O. The number of phenolic OH excluding ortho intramolecular Hbond substituents is 2. The molecule has 1 rings (SSSR count). The first kappa shape index (κ1) is 16.9. The maximum absolute atomic E-state index is 10.5. The third-order valence-corrected chi connectivity index (χ3v) is 4.23. The average Bonchev–Trinajstić information content (AvgIpc) is 2.42. The minimum Gasteiger partial charge on any atom is -0.508 e. The Morgan fingerprint density at radius 2 is 1.45 bits per heavy atom. The Kier molecular flexibility index (Phi) is 6.90. The smallest absolute Gasteiger partial charge is 0.126 e. The van der Waals surface area contributed by atoms with E-state index in [9.17, 15) is 10.2 Å². The summed E-state index contributed by atoms with van der Waals surface area (Å²) in [6, 6.07) is 3.62. The van der Waals surface area contributed by atoms with Gasteiger partial charge in [0.1, 0.15) is 11.5 Å². The minimum atomic E-state index is 0.202. The molecule has 0 aromatic heterocycles. The number of unbranched alkanes of at least 4 members (excludes halogenated alkanes) is 2. The molecule has 2 atom stereocenters. The summed E-state index contributed by atoms with van der Waals surface area (Å²) in [5.74, 6) is 1.09. The molecule has 114 valence electrons. The summed E-state index contributed by atoms with van der Waals surface area (Å²) in [6.07, 6.45) is 6.68.